The molecule has 6 rings (SSSR count). The Labute approximate surface area is 155 Å². The number of rotatable bonds is 3. The van der Waals surface area contributed by atoms with Crippen LogP contribution in [0, 0.1) is 17.8 Å². The molecule has 4 bridgehead atoms. The summed E-state index contributed by atoms with van der Waals surface area (Å²) in [6, 6.07) is 8.54. The van der Waals surface area contributed by atoms with E-state index in [1.54, 1.807) is 0 Å². The Morgan fingerprint density at radius 2 is 1.96 bits per heavy atom. The molecule has 5 heteroatoms. The summed E-state index contributed by atoms with van der Waals surface area (Å²) in [7, 11) is 0. The molecule has 0 aromatic carbocycles. The van der Waals surface area contributed by atoms with Gasteiger partial charge in [-0.15, -0.1) is 12.4 Å². The van der Waals surface area contributed by atoms with Crippen molar-refractivity contribution in [3.63, 3.8) is 0 Å². The number of piperidine rings is 3. The zero-order valence-electron chi connectivity index (χ0n) is 14.6. The van der Waals surface area contributed by atoms with E-state index in [1.165, 1.54) is 38.2 Å². The molecule has 2 aromatic heterocycles. The molecule has 134 valence electrons. The highest BCUT2D eigenvalue weighted by molar-refractivity contribution is 6.01. The molecule has 3 aliphatic heterocycles. The summed E-state index contributed by atoms with van der Waals surface area (Å²) in [4.78, 5) is 15.7. The number of amides is 1. The van der Waals surface area contributed by atoms with Crippen LogP contribution in [0.2, 0.25) is 0 Å². The quantitative estimate of drug-likeness (QED) is 0.914. The van der Waals surface area contributed by atoms with Gasteiger partial charge in [0, 0.05) is 37.6 Å². The number of halogens is 1. The average Bonchev–Trinajstić information content (AvgIpc) is 2.96. The van der Waals surface area contributed by atoms with Gasteiger partial charge in [0.05, 0.1) is 11.1 Å². The predicted octanol–water partition coefficient (Wildman–Crippen LogP) is 2.99. The van der Waals surface area contributed by atoms with E-state index in [2.05, 4.69) is 39.9 Å². The third kappa shape index (κ3) is 2.67. The standard InChI is InChI=1S/C20H25N3O.ClH/c1-2-16-9-17(18-5-3-4-6-23(16)18)20(24)21-19-14-7-13-8-15(19)12-22(10-13)11-14;/h3-6,9,13-15,19H,2,7-8,10-12H2,1H3,(H,21,24);1H/t13-,14-,15-,19-;/m1./s1. The molecule has 25 heavy (non-hydrogen) atoms. The number of aromatic nitrogens is 1. The van der Waals surface area contributed by atoms with Crippen molar-refractivity contribution in [2.24, 2.45) is 17.8 Å². The number of fused-ring (bicyclic) bond motifs is 1. The monoisotopic (exact) mass is 359 g/mol. The van der Waals surface area contributed by atoms with Gasteiger partial charge in [-0.3, -0.25) is 4.79 Å². The molecule has 1 N–H and O–H groups in total. The van der Waals surface area contributed by atoms with Crippen molar-refractivity contribution >= 4 is 23.8 Å². The number of aryl methyl sites for hydroxylation is 1. The lowest BCUT2D eigenvalue weighted by atomic mass is 9.65. The summed E-state index contributed by atoms with van der Waals surface area (Å²) < 4.78 is 2.15. The van der Waals surface area contributed by atoms with Gasteiger partial charge in [-0.05, 0) is 55.2 Å². The summed E-state index contributed by atoms with van der Waals surface area (Å²) in [5.74, 6) is 2.29. The first-order chi connectivity index (χ1) is 11.7. The van der Waals surface area contributed by atoms with Crippen LogP contribution in [-0.4, -0.2) is 40.9 Å². The smallest absolute Gasteiger partial charge is 0.253 e. The van der Waals surface area contributed by atoms with Crippen LogP contribution in [0.25, 0.3) is 5.52 Å². The van der Waals surface area contributed by atoms with Crippen LogP contribution in [0.1, 0.15) is 35.8 Å². The van der Waals surface area contributed by atoms with E-state index in [9.17, 15) is 4.79 Å². The Morgan fingerprint density at radius 3 is 2.64 bits per heavy atom. The molecule has 4 aliphatic rings. The third-order valence-corrected chi connectivity index (χ3v) is 6.45. The summed E-state index contributed by atoms with van der Waals surface area (Å²) in [6.45, 7) is 5.78. The second kappa shape index (κ2) is 6.33. The number of hydrogen-bond acceptors (Lipinski definition) is 2. The molecule has 3 saturated heterocycles. The average molecular weight is 360 g/mol. The van der Waals surface area contributed by atoms with Crippen molar-refractivity contribution in [1.82, 2.24) is 14.6 Å². The van der Waals surface area contributed by atoms with Crippen molar-refractivity contribution in [3.05, 3.63) is 41.7 Å². The van der Waals surface area contributed by atoms with Crippen LogP contribution in [-0.2, 0) is 6.42 Å². The highest BCUT2D eigenvalue weighted by Gasteiger charge is 2.47. The van der Waals surface area contributed by atoms with E-state index in [0.717, 1.165) is 23.4 Å². The van der Waals surface area contributed by atoms with E-state index in [1.807, 2.05) is 12.1 Å². The minimum atomic E-state index is 0. The van der Waals surface area contributed by atoms with E-state index in [4.69, 9.17) is 0 Å². The Balaban J connectivity index is 0.00000157. The molecule has 0 unspecified atom stereocenters. The molecule has 1 aliphatic carbocycles. The molecular formula is C20H26ClN3O. The van der Waals surface area contributed by atoms with Gasteiger partial charge in [0.1, 0.15) is 0 Å². The Morgan fingerprint density at radius 1 is 1.20 bits per heavy atom. The van der Waals surface area contributed by atoms with Crippen molar-refractivity contribution in [2.75, 3.05) is 19.6 Å². The topological polar surface area (TPSA) is 36.8 Å². The van der Waals surface area contributed by atoms with Gasteiger partial charge in [-0.25, -0.2) is 0 Å². The number of nitrogens with one attached hydrogen (secondary N) is 1. The van der Waals surface area contributed by atoms with Crippen molar-refractivity contribution in [2.45, 2.75) is 32.2 Å². The predicted molar refractivity (Wildman–Crippen MR) is 101 cm³/mol. The lowest BCUT2D eigenvalue weighted by molar-refractivity contribution is -0.0418. The molecule has 1 saturated carbocycles. The highest BCUT2D eigenvalue weighted by atomic mass is 35.5. The van der Waals surface area contributed by atoms with E-state index >= 15 is 0 Å². The minimum Gasteiger partial charge on any atom is -0.349 e. The van der Waals surface area contributed by atoms with Gasteiger partial charge in [0.15, 0.2) is 0 Å². The molecule has 5 heterocycles. The summed E-state index contributed by atoms with van der Waals surface area (Å²) in [5, 5.41) is 3.43. The molecule has 4 nitrogen and oxygen atoms in total. The van der Waals surface area contributed by atoms with E-state index in [-0.39, 0.29) is 18.3 Å². The van der Waals surface area contributed by atoms with Crippen molar-refractivity contribution in [3.8, 4) is 0 Å². The first-order valence-electron chi connectivity index (χ1n) is 9.35. The van der Waals surface area contributed by atoms with Gasteiger partial charge in [0.25, 0.3) is 5.91 Å². The van der Waals surface area contributed by atoms with Crippen LogP contribution < -0.4 is 5.32 Å². The zero-order chi connectivity index (χ0) is 16.3. The fourth-order valence-corrected chi connectivity index (χ4v) is 5.55. The first kappa shape index (κ1) is 16.9. The molecule has 4 fully saturated rings. The van der Waals surface area contributed by atoms with Crippen LogP contribution in [0.3, 0.4) is 0 Å². The normalized spacial score (nSPS) is 32.6. The number of carbonyl (C=O) groups excluding carboxylic acids is 1. The Kier molecular flexibility index (Phi) is 4.28. The maximum absolute atomic E-state index is 13.0. The van der Waals surface area contributed by atoms with Gasteiger partial charge < -0.3 is 14.6 Å². The fraction of sp³-hybridized carbons (Fsp3) is 0.550. The van der Waals surface area contributed by atoms with Gasteiger partial charge in [0.2, 0.25) is 0 Å². The second-order valence-corrected chi connectivity index (χ2v) is 7.93. The van der Waals surface area contributed by atoms with Crippen LogP contribution in [0.5, 0.6) is 0 Å². The number of carbonyl (C=O) groups is 1. The lowest BCUT2D eigenvalue weighted by Gasteiger charge is -2.55. The van der Waals surface area contributed by atoms with Crippen LogP contribution in [0.15, 0.2) is 30.5 Å². The zero-order valence-corrected chi connectivity index (χ0v) is 15.5. The highest BCUT2D eigenvalue weighted by Crippen LogP contribution is 2.43. The molecule has 2 atom stereocenters. The fourth-order valence-electron chi connectivity index (χ4n) is 5.55. The largest absolute Gasteiger partial charge is 0.349 e. The van der Waals surface area contributed by atoms with Crippen LogP contribution in [0.4, 0.5) is 0 Å². The summed E-state index contributed by atoms with van der Waals surface area (Å²) >= 11 is 0. The maximum Gasteiger partial charge on any atom is 0.253 e. The van der Waals surface area contributed by atoms with Gasteiger partial charge in [-0.2, -0.15) is 0 Å². The number of hydrogen-bond donors (Lipinski definition) is 1. The van der Waals surface area contributed by atoms with Crippen molar-refractivity contribution in [1.29, 1.82) is 0 Å². The van der Waals surface area contributed by atoms with Gasteiger partial charge in [-0.1, -0.05) is 13.0 Å². The number of pyridine rings is 1. The summed E-state index contributed by atoms with van der Waals surface area (Å²) in [6.07, 6.45) is 5.59. The lowest BCUT2D eigenvalue weighted by Crippen LogP contribution is -2.64. The maximum atomic E-state index is 13.0. The SMILES string of the molecule is CCc1cc(C(=O)N[C@H]2[C@@H]3C[C@H]4C[C@@H]2C[N@](C3)C4)c2ccccn12.Cl. The molecule has 0 spiro atoms. The second-order valence-electron chi connectivity index (χ2n) is 7.93. The van der Waals surface area contributed by atoms with Crippen molar-refractivity contribution < 1.29 is 4.79 Å². The minimum absolute atomic E-state index is 0. The number of nitrogens with zero attached hydrogens (tertiary/aromatic N) is 2. The Hall–Kier alpha value is -1.52. The third-order valence-electron chi connectivity index (χ3n) is 6.45. The van der Waals surface area contributed by atoms with Crippen LogP contribution >= 0.6 is 12.4 Å². The van der Waals surface area contributed by atoms with E-state index < -0.39 is 0 Å². The molecule has 0 radical (unpaired) electrons. The Bertz CT molecular complexity index is 771. The van der Waals surface area contributed by atoms with E-state index in [0.29, 0.717) is 17.9 Å². The van der Waals surface area contributed by atoms with Gasteiger partial charge >= 0.3 is 0 Å². The molecule has 2 aromatic rings. The molecule has 1 amide bonds. The summed E-state index contributed by atoms with van der Waals surface area (Å²) in [5.41, 5.74) is 3.06. The molecular weight excluding hydrogens is 334 g/mol. The first-order valence-corrected chi connectivity index (χ1v) is 9.35.